The third-order valence-electron chi connectivity index (χ3n) is 1.69. The molecule has 0 aliphatic rings. The van der Waals surface area contributed by atoms with Crippen molar-refractivity contribution in [2.75, 3.05) is 11.9 Å². The number of alkyl halides is 1. The molecule has 0 aliphatic carbocycles. The number of hydrogen-bond acceptors (Lipinski definition) is 5. The molecule has 0 saturated carbocycles. The van der Waals surface area contributed by atoms with Crippen molar-refractivity contribution in [3.05, 3.63) is 12.2 Å². The van der Waals surface area contributed by atoms with Gasteiger partial charge in [-0.15, -0.1) is 0 Å². The van der Waals surface area contributed by atoms with E-state index in [1.54, 1.807) is 6.92 Å². The highest BCUT2D eigenvalue weighted by molar-refractivity contribution is 9.09. The van der Waals surface area contributed by atoms with E-state index in [9.17, 15) is 14.4 Å². The smallest absolute Gasteiger partial charge is 0.333 e. The Labute approximate surface area is 108 Å². The van der Waals surface area contributed by atoms with E-state index >= 15 is 0 Å². The van der Waals surface area contributed by atoms with E-state index in [4.69, 9.17) is 4.74 Å². The number of hydrogen-bond donors (Lipinski definition) is 0. The average Bonchev–Trinajstić information content (AvgIpc) is 2.27. The standard InChI is InChI=1S/C11H15BrO5/c1-8(2)11(15)16-6-4-3-5-9(13)17-10(14)7-12/h1,3-7H2,2H3. The lowest BCUT2D eigenvalue weighted by molar-refractivity contribution is -0.157. The van der Waals surface area contributed by atoms with Gasteiger partial charge < -0.3 is 9.47 Å². The van der Waals surface area contributed by atoms with Gasteiger partial charge in [0.25, 0.3) is 0 Å². The lowest BCUT2D eigenvalue weighted by Gasteiger charge is -2.03. The van der Waals surface area contributed by atoms with Gasteiger partial charge in [0, 0.05) is 12.0 Å². The molecule has 0 atom stereocenters. The Morgan fingerprint density at radius 2 is 1.82 bits per heavy atom. The van der Waals surface area contributed by atoms with Crippen molar-refractivity contribution < 1.29 is 23.9 Å². The van der Waals surface area contributed by atoms with Crippen LogP contribution >= 0.6 is 15.9 Å². The minimum atomic E-state index is -0.608. The van der Waals surface area contributed by atoms with Gasteiger partial charge in [-0.05, 0) is 19.8 Å². The van der Waals surface area contributed by atoms with Crippen LogP contribution in [0.1, 0.15) is 26.2 Å². The van der Waals surface area contributed by atoms with Crippen molar-refractivity contribution in [1.29, 1.82) is 0 Å². The van der Waals surface area contributed by atoms with Crippen molar-refractivity contribution in [2.45, 2.75) is 26.2 Å². The zero-order chi connectivity index (χ0) is 13.3. The molecule has 0 aromatic carbocycles. The van der Waals surface area contributed by atoms with Gasteiger partial charge in [0.05, 0.1) is 6.61 Å². The summed E-state index contributed by atoms with van der Waals surface area (Å²) in [5.74, 6) is -1.62. The first kappa shape index (κ1) is 15.8. The second-order valence-electron chi connectivity index (χ2n) is 3.35. The Morgan fingerprint density at radius 3 is 2.35 bits per heavy atom. The van der Waals surface area contributed by atoms with E-state index in [2.05, 4.69) is 27.2 Å². The second-order valence-corrected chi connectivity index (χ2v) is 3.91. The van der Waals surface area contributed by atoms with E-state index in [-0.39, 0.29) is 18.4 Å². The fraction of sp³-hybridized carbons (Fsp3) is 0.545. The van der Waals surface area contributed by atoms with Gasteiger partial charge >= 0.3 is 17.9 Å². The van der Waals surface area contributed by atoms with Gasteiger partial charge in [0.2, 0.25) is 0 Å². The molecule has 0 spiro atoms. The van der Waals surface area contributed by atoms with Crippen molar-refractivity contribution >= 4 is 33.8 Å². The Morgan fingerprint density at radius 1 is 1.18 bits per heavy atom. The molecule has 0 saturated heterocycles. The van der Waals surface area contributed by atoms with Crippen LogP contribution in [0.3, 0.4) is 0 Å². The molecule has 0 aromatic rings. The first-order valence-electron chi connectivity index (χ1n) is 5.09. The highest BCUT2D eigenvalue weighted by Crippen LogP contribution is 2.01. The third-order valence-corrected chi connectivity index (χ3v) is 2.15. The Hall–Kier alpha value is -1.17. The number of carbonyl (C=O) groups excluding carboxylic acids is 3. The Bertz CT molecular complexity index is 311. The van der Waals surface area contributed by atoms with Crippen LogP contribution in [0.5, 0.6) is 0 Å². The van der Waals surface area contributed by atoms with Gasteiger partial charge in [0.1, 0.15) is 5.33 Å². The van der Waals surface area contributed by atoms with Crippen molar-refractivity contribution in [3.8, 4) is 0 Å². The van der Waals surface area contributed by atoms with Crippen LogP contribution in [0.2, 0.25) is 0 Å². The quantitative estimate of drug-likeness (QED) is 0.236. The summed E-state index contributed by atoms with van der Waals surface area (Å²) in [6, 6.07) is 0. The van der Waals surface area contributed by atoms with Crippen molar-refractivity contribution in [2.24, 2.45) is 0 Å². The molecule has 6 heteroatoms. The van der Waals surface area contributed by atoms with Gasteiger partial charge in [-0.1, -0.05) is 22.5 Å². The van der Waals surface area contributed by atoms with Crippen LogP contribution in [-0.4, -0.2) is 29.8 Å². The molecule has 0 heterocycles. The van der Waals surface area contributed by atoms with E-state index in [0.717, 1.165) is 0 Å². The molecule has 0 radical (unpaired) electrons. The summed E-state index contributed by atoms with van der Waals surface area (Å²) in [6.45, 7) is 5.22. The monoisotopic (exact) mass is 306 g/mol. The highest BCUT2D eigenvalue weighted by atomic mass is 79.9. The molecule has 5 nitrogen and oxygen atoms in total. The van der Waals surface area contributed by atoms with Gasteiger partial charge in [-0.25, -0.2) is 4.79 Å². The van der Waals surface area contributed by atoms with Crippen LogP contribution in [-0.2, 0) is 23.9 Å². The molecule has 0 bridgehead atoms. The first-order chi connectivity index (χ1) is 7.97. The van der Waals surface area contributed by atoms with Crippen LogP contribution in [0, 0.1) is 0 Å². The predicted octanol–water partition coefficient (Wildman–Crippen LogP) is 1.74. The molecule has 0 fully saturated rings. The largest absolute Gasteiger partial charge is 0.462 e. The summed E-state index contributed by atoms with van der Waals surface area (Å²) in [4.78, 5) is 32.7. The van der Waals surface area contributed by atoms with Crippen LogP contribution in [0.4, 0.5) is 0 Å². The molecule has 0 aliphatic heterocycles. The van der Waals surface area contributed by atoms with Gasteiger partial charge in [-0.3, -0.25) is 9.59 Å². The van der Waals surface area contributed by atoms with E-state index in [1.165, 1.54) is 0 Å². The van der Waals surface area contributed by atoms with E-state index < -0.39 is 17.9 Å². The molecule has 0 aromatic heterocycles. The van der Waals surface area contributed by atoms with Crippen LogP contribution < -0.4 is 0 Å². The zero-order valence-corrected chi connectivity index (χ0v) is 11.2. The second kappa shape index (κ2) is 8.92. The lowest BCUT2D eigenvalue weighted by atomic mass is 10.2. The molecule has 0 N–H and O–H groups in total. The van der Waals surface area contributed by atoms with Crippen LogP contribution in [0.25, 0.3) is 0 Å². The SMILES string of the molecule is C=C(C)C(=O)OCCCCC(=O)OC(=O)CBr. The minimum absolute atomic E-state index is 0.00500. The molecule has 17 heavy (non-hydrogen) atoms. The van der Waals surface area contributed by atoms with Crippen molar-refractivity contribution in [1.82, 2.24) is 0 Å². The lowest BCUT2D eigenvalue weighted by Crippen LogP contribution is -2.13. The maximum absolute atomic E-state index is 11.0. The molecule has 0 unspecified atom stereocenters. The average molecular weight is 307 g/mol. The number of ether oxygens (including phenoxy) is 2. The summed E-state index contributed by atoms with van der Waals surface area (Å²) < 4.78 is 9.24. The predicted molar refractivity (Wildman–Crippen MR) is 64.5 cm³/mol. The van der Waals surface area contributed by atoms with Gasteiger partial charge in [-0.2, -0.15) is 0 Å². The summed E-state index contributed by atoms with van der Waals surface area (Å²) >= 11 is 2.87. The Balaban J connectivity index is 3.52. The maximum atomic E-state index is 11.0. The van der Waals surface area contributed by atoms with Gasteiger partial charge in [0.15, 0.2) is 0 Å². The number of rotatable bonds is 7. The highest BCUT2D eigenvalue weighted by Gasteiger charge is 2.08. The maximum Gasteiger partial charge on any atom is 0.333 e. The van der Waals surface area contributed by atoms with Crippen LogP contribution in [0.15, 0.2) is 12.2 Å². The zero-order valence-electron chi connectivity index (χ0n) is 9.66. The number of esters is 3. The summed E-state index contributed by atoms with van der Waals surface area (Å²) in [7, 11) is 0. The summed E-state index contributed by atoms with van der Waals surface area (Å²) in [5.41, 5.74) is 0.340. The number of unbranched alkanes of at least 4 members (excludes halogenated alkanes) is 1. The van der Waals surface area contributed by atoms with E-state index in [1.807, 2.05) is 0 Å². The molecule has 0 amide bonds. The fourth-order valence-electron chi connectivity index (χ4n) is 0.865. The number of halogens is 1. The van der Waals surface area contributed by atoms with Crippen molar-refractivity contribution in [3.63, 3.8) is 0 Å². The minimum Gasteiger partial charge on any atom is -0.462 e. The number of carbonyl (C=O) groups is 3. The third kappa shape index (κ3) is 8.62. The molecular formula is C11H15BrO5. The summed E-state index contributed by atoms with van der Waals surface area (Å²) in [6.07, 6.45) is 1.16. The Kier molecular flexibility index (Phi) is 8.31. The first-order valence-corrected chi connectivity index (χ1v) is 6.21. The normalized spacial score (nSPS) is 9.53. The fourth-order valence-corrected chi connectivity index (χ4v) is 0.979. The topological polar surface area (TPSA) is 69.7 Å². The molecular weight excluding hydrogens is 292 g/mol. The molecule has 0 rings (SSSR count). The van der Waals surface area contributed by atoms with E-state index in [0.29, 0.717) is 18.4 Å². The molecule has 96 valence electrons. The summed E-state index contributed by atoms with van der Waals surface area (Å²) in [5, 5.41) is -0.00500.